The third-order valence-electron chi connectivity index (χ3n) is 5.00. The summed E-state index contributed by atoms with van der Waals surface area (Å²) in [5.41, 5.74) is 2.61. The molecule has 0 saturated carbocycles. The number of nitrogens with zero attached hydrogens (tertiary/aromatic N) is 2. The molecule has 3 aromatic rings. The van der Waals surface area contributed by atoms with Crippen molar-refractivity contribution in [2.45, 2.75) is 53.1 Å². The summed E-state index contributed by atoms with van der Waals surface area (Å²) in [7, 11) is 0. The zero-order valence-corrected chi connectivity index (χ0v) is 18.4. The highest BCUT2D eigenvalue weighted by molar-refractivity contribution is 7.18. The monoisotopic (exact) mass is 426 g/mol. The van der Waals surface area contributed by atoms with Gasteiger partial charge in [0.15, 0.2) is 0 Å². The van der Waals surface area contributed by atoms with Crippen LogP contribution in [0.5, 0.6) is 0 Å². The largest absolute Gasteiger partial charge is 0.480 e. The molecule has 1 amide bonds. The number of fused-ring (bicyclic) bond motifs is 1. The third kappa shape index (κ3) is 4.76. The van der Waals surface area contributed by atoms with Gasteiger partial charge in [0.2, 0.25) is 0 Å². The number of amides is 1. The van der Waals surface area contributed by atoms with Crippen molar-refractivity contribution in [1.82, 2.24) is 15.3 Å². The van der Waals surface area contributed by atoms with E-state index < -0.39 is 12.0 Å². The fourth-order valence-corrected chi connectivity index (χ4v) is 4.31. The quantitative estimate of drug-likeness (QED) is 0.498. The van der Waals surface area contributed by atoms with E-state index in [4.69, 9.17) is 0 Å². The highest BCUT2D eigenvalue weighted by Gasteiger charge is 2.19. The Morgan fingerprint density at radius 1 is 1.13 bits per heavy atom. The number of nitrogens with one attached hydrogen (secondary N) is 2. The van der Waals surface area contributed by atoms with E-state index in [1.807, 2.05) is 26.0 Å². The minimum absolute atomic E-state index is 0.382. The molecular weight excluding hydrogens is 400 g/mol. The first-order valence-corrected chi connectivity index (χ1v) is 10.7. The van der Waals surface area contributed by atoms with Crippen molar-refractivity contribution in [2.24, 2.45) is 0 Å². The Kier molecular flexibility index (Phi) is 6.66. The van der Waals surface area contributed by atoms with Crippen LogP contribution in [0.25, 0.3) is 10.2 Å². The number of carboxylic acid groups (broad SMARTS) is 1. The molecule has 0 bridgehead atoms. The summed E-state index contributed by atoms with van der Waals surface area (Å²) in [6, 6.07) is 6.25. The Morgan fingerprint density at radius 3 is 2.47 bits per heavy atom. The first-order chi connectivity index (χ1) is 14.3. The molecule has 0 spiro atoms. The van der Waals surface area contributed by atoms with Gasteiger partial charge in [0, 0.05) is 17.0 Å². The predicted molar refractivity (Wildman–Crippen MR) is 119 cm³/mol. The highest BCUT2D eigenvalue weighted by atomic mass is 32.1. The van der Waals surface area contributed by atoms with E-state index >= 15 is 0 Å². The van der Waals surface area contributed by atoms with Crippen molar-refractivity contribution in [1.29, 1.82) is 0 Å². The van der Waals surface area contributed by atoms with Gasteiger partial charge in [0.1, 0.15) is 22.5 Å². The van der Waals surface area contributed by atoms with Crippen LogP contribution in [0.15, 0.2) is 24.3 Å². The SMILES string of the molecule is CCCC(NC(=O)c1ccc(CNc2nc(C)nc3sc(C)c(C)c23)cc1)C(=O)O. The first kappa shape index (κ1) is 21.7. The van der Waals surface area contributed by atoms with E-state index in [9.17, 15) is 14.7 Å². The van der Waals surface area contributed by atoms with Gasteiger partial charge in [-0.2, -0.15) is 0 Å². The molecule has 0 aliphatic rings. The second-order valence-corrected chi connectivity index (χ2v) is 8.49. The average molecular weight is 427 g/mol. The standard InChI is InChI=1S/C22H26N4O3S/c1-5-6-17(22(28)29)26-20(27)16-9-7-15(8-10-16)11-23-19-18-12(2)13(3)30-21(18)25-14(4)24-19/h7-10,17H,5-6,11H2,1-4H3,(H,26,27)(H,28,29)(H,23,24,25). The van der Waals surface area contributed by atoms with Gasteiger partial charge < -0.3 is 15.7 Å². The van der Waals surface area contributed by atoms with Gasteiger partial charge in [-0.1, -0.05) is 25.5 Å². The second-order valence-electron chi connectivity index (χ2n) is 7.29. The summed E-state index contributed by atoms with van der Waals surface area (Å²) in [6.45, 7) is 8.48. The van der Waals surface area contributed by atoms with Crippen molar-refractivity contribution < 1.29 is 14.7 Å². The molecule has 1 atom stereocenters. The van der Waals surface area contributed by atoms with E-state index in [-0.39, 0.29) is 5.91 Å². The van der Waals surface area contributed by atoms with Crippen LogP contribution in [-0.4, -0.2) is 33.0 Å². The number of carbonyl (C=O) groups excluding carboxylic acids is 1. The smallest absolute Gasteiger partial charge is 0.326 e. The second kappa shape index (κ2) is 9.21. The van der Waals surface area contributed by atoms with Gasteiger partial charge in [-0.25, -0.2) is 14.8 Å². The maximum absolute atomic E-state index is 12.3. The van der Waals surface area contributed by atoms with Gasteiger partial charge in [0.05, 0.1) is 5.39 Å². The average Bonchev–Trinajstić information content (AvgIpc) is 2.99. The number of aryl methyl sites for hydroxylation is 3. The Balaban J connectivity index is 1.70. The molecule has 3 rings (SSSR count). The number of rotatable bonds is 8. The van der Waals surface area contributed by atoms with Crippen LogP contribution in [0, 0.1) is 20.8 Å². The zero-order valence-electron chi connectivity index (χ0n) is 17.6. The fourth-order valence-electron chi connectivity index (χ4n) is 3.23. The predicted octanol–water partition coefficient (Wildman–Crippen LogP) is 4.21. The Hall–Kier alpha value is -3.00. The van der Waals surface area contributed by atoms with Gasteiger partial charge in [-0.15, -0.1) is 11.3 Å². The summed E-state index contributed by atoms with van der Waals surface area (Å²) < 4.78 is 0. The van der Waals surface area contributed by atoms with Crippen LogP contribution < -0.4 is 10.6 Å². The van der Waals surface area contributed by atoms with E-state index in [0.717, 1.165) is 27.4 Å². The summed E-state index contributed by atoms with van der Waals surface area (Å²) in [5, 5.41) is 16.2. The lowest BCUT2D eigenvalue weighted by atomic mass is 10.1. The Labute approximate surface area is 179 Å². The molecule has 0 saturated heterocycles. The van der Waals surface area contributed by atoms with Crippen molar-refractivity contribution in [3.63, 3.8) is 0 Å². The van der Waals surface area contributed by atoms with E-state index in [1.54, 1.807) is 23.5 Å². The molecule has 0 fully saturated rings. The number of hydrogen-bond acceptors (Lipinski definition) is 6. The normalized spacial score (nSPS) is 12.0. The molecule has 7 nitrogen and oxygen atoms in total. The number of hydrogen-bond donors (Lipinski definition) is 3. The van der Waals surface area contributed by atoms with Crippen molar-refractivity contribution in [3.8, 4) is 0 Å². The topological polar surface area (TPSA) is 104 Å². The fraction of sp³-hybridized carbons (Fsp3) is 0.364. The first-order valence-electron chi connectivity index (χ1n) is 9.91. The number of aromatic nitrogens is 2. The van der Waals surface area contributed by atoms with Gasteiger partial charge >= 0.3 is 5.97 Å². The molecular formula is C22H26N4O3S. The molecule has 8 heteroatoms. The van der Waals surface area contributed by atoms with Crippen LogP contribution in [0.1, 0.15) is 52.0 Å². The number of benzene rings is 1. The minimum Gasteiger partial charge on any atom is -0.480 e. The summed E-state index contributed by atoms with van der Waals surface area (Å²) >= 11 is 1.67. The number of anilines is 1. The molecule has 0 radical (unpaired) electrons. The van der Waals surface area contributed by atoms with Crippen LogP contribution in [0.2, 0.25) is 0 Å². The summed E-state index contributed by atoms with van der Waals surface area (Å²) in [6.07, 6.45) is 1.08. The van der Waals surface area contributed by atoms with Crippen LogP contribution >= 0.6 is 11.3 Å². The molecule has 1 aromatic carbocycles. The van der Waals surface area contributed by atoms with Crippen molar-refractivity contribution in [2.75, 3.05) is 5.32 Å². The van der Waals surface area contributed by atoms with Crippen LogP contribution in [-0.2, 0) is 11.3 Å². The Morgan fingerprint density at radius 2 is 1.83 bits per heavy atom. The zero-order chi connectivity index (χ0) is 21.8. The van der Waals surface area contributed by atoms with Gasteiger partial charge in [-0.05, 0) is 50.5 Å². The molecule has 3 N–H and O–H groups in total. The highest BCUT2D eigenvalue weighted by Crippen LogP contribution is 2.33. The molecule has 0 aliphatic heterocycles. The van der Waals surface area contributed by atoms with E-state index in [2.05, 4.69) is 34.4 Å². The lowest BCUT2D eigenvalue weighted by Gasteiger charge is -2.14. The van der Waals surface area contributed by atoms with Crippen LogP contribution in [0.3, 0.4) is 0 Å². The summed E-state index contributed by atoms with van der Waals surface area (Å²) in [5.74, 6) is 0.132. The summed E-state index contributed by atoms with van der Waals surface area (Å²) in [4.78, 5) is 34.9. The molecule has 2 aromatic heterocycles. The number of carbonyl (C=O) groups is 2. The van der Waals surface area contributed by atoms with E-state index in [1.165, 1.54) is 10.4 Å². The van der Waals surface area contributed by atoms with Crippen molar-refractivity contribution in [3.05, 3.63) is 51.7 Å². The number of thiophene rings is 1. The number of carboxylic acids is 1. The lowest BCUT2D eigenvalue weighted by Crippen LogP contribution is -2.40. The lowest BCUT2D eigenvalue weighted by molar-refractivity contribution is -0.139. The van der Waals surface area contributed by atoms with Gasteiger partial charge in [0.25, 0.3) is 5.91 Å². The maximum atomic E-state index is 12.3. The van der Waals surface area contributed by atoms with Gasteiger partial charge in [-0.3, -0.25) is 4.79 Å². The maximum Gasteiger partial charge on any atom is 0.326 e. The van der Waals surface area contributed by atoms with E-state index in [0.29, 0.717) is 24.9 Å². The molecule has 1 unspecified atom stereocenters. The van der Waals surface area contributed by atoms with Crippen molar-refractivity contribution >= 4 is 39.2 Å². The molecule has 30 heavy (non-hydrogen) atoms. The third-order valence-corrected chi connectivity index (χ3v) is 6.10. The van der Waals surface area contributed by atoms with Crippen LogP contribution in [0.4, 0.5) is 5.82 Å². The Bertz CT molecular complexity index is 1080. The molecule has 158 valence electrons. The number of aliphatic carboxylic acids is 1. The minimum atomic E-state index is -1.02. The molecule has 0 aliphatic carbocycles. The molecule has 2 heterocycles.